The first-order valence-electron chi connectivity index (χ1n) is 9.27. The van der Waals surface area contributed by atoms with Crippen molar-refractivity contribution in [3.63, 3.8) is 0 Å². The Bertz CT molecular complexity index is 1020. The molecule has 3 heterocycles. The van der Waals surface area contributed by atoms with E-state index in [4.69, 9.17) is 4.74 Å². The van der Waals surface area contributed by atoms with Crippen LogP contribution in [0.5, 0.6) is 0 Å². The number of benzene rings is 1. The van der Waals surface area contributed by atoms with Crippen molar-refractivity contribution in [2.24, 2.45) is 0 Å². The molecule has 2 amide bonds. The molecular weight excluding hydrogens is 376 g/mol. The Morgan fingerprint density at radius 2 is 2.25 bits per heavy atom. The van der Waals surface area contributed by atoms with Crippen LogP contribution in [0.25, 0.3) is 10.9 Å². The van der Waals surface area contributed by atoms with Crippen LogP contribution in [0.4, 0.5) is 10.8 Å². The van der Waals surface area contributed by atoms with E-state index in [0.717, 1.165) is 30.4 Å². The highest BCUT2D eigenvalue weighted by Gasteiger charge is 2.26. The molecule has 28 heavy (non-hydrogen) atoms. The number of amides is 2. The predicted octanol–water partition coefficient (Wildman–Crippen LogP) is 3.72. The van der Waals surface area contributed by atoms with Crippen molar-refractivity contribution >= 4 is 44.9 Å². The summed E-state index contributed by atoms with van der Waals surface area (Å²) in [6.45, 7) is 4.49. The fraction of sp³-hybridized carbons (Fsp3) is 0.350. The molecule has 0 unspecified atom stereocenters. The molecule has 0 aliphatic carbocycles. The first-order valence-corrected chi connectivity index (χ1v) is 10.1. The van der Waals surface area contributed by atoms with E-state index in [1.807, 2.05) is 30.5 Å². The summed E-state index contributed by atoms with van der Waals surface area (Å²) in [6.07, 6.45) is 3.83. The van der Waals surface area contributed by atoms with Gasteiger partial charge >= 0.3 is 0 Å². The molecule has 4 rings (SSSR count). The average Bonchev–Trinajstić information content (AvgIpc) is 3.39. The minimum absolute atomic E-state index is 0.0264. The van der Waals surface area contributed by atoms with Crippen LogP contribution in [0.15, 0.2) is 30.5 Å². The lowest BCUT2D eigenvalue weighted by Gasteiger charge is -2.21. The number of fused-ring (bicyclic) bond motifs is 1. The highest BCUT2D eigenvalue weighted by molar-refractivity contribution is 7.17. The molecule has 0 spiro atoms. The maximum Gasteiger partial charge on any atom is 0.267 e. The van der Waals surface area contributed by atoms with E-state index >= 15 is 0 Å². The number of ether oxygens (including phenoxy) is 1. The molecule has 1 aromatic carbocycles. The topological polar surface area (TPSA) is 87.3 Å². The summed E-state index contributed by atoms with van der Waals surface area (Å²) >= 11 is 1.23. The Hall–Kier alpha value is -2.71. The van der Waals surface area contributed by atoms with E-state index in [0.29, 0.717) is 27.9 Å². The lowest BCUT2D eigenvalue weighted by atomic mass is 10.2. The van der Waals surface area contributed by atoms with Gasteiger partial charge in [0, 0.05) is 36.3 Å². The molecule has 2 N–H and O–H groups in total. The van der Waals surface area contributed by atoms with Gasteiger partial charge < -0.3 is 15.0 Å². The van der Waals surface area contributed by atoms with Gasteiger partial charge in [0.1, 0.15) is 4.88 Å². The first kappa shape index (κ1) is 18.6. The van der Waals surface area contributed by atoms with Crippen LogP contribution in [0.1, 0.15) is 35.1 Å². The smallest absolute Gasteiger partial charge is 0.267 e. The van der Waals surface area contributed by atoms with Gasteiger partial charge in [-0.15, -0.1) is 0 Å². The van der Waals surface area contributed by atoms with E-state index in [9.17, 15) is 9.59 Å². The van der Waals surface area contributed by atoms with Crippen LogP contribution in [-0.2, 0) is 9.53 Å². The zero-order chi connectivity index (χ0) is 19.7. The minimum Gasteiger partial charge on any atom is -0.376 e. The van der Waals surface area contributed by atoms with Gasteiger partial charge in [-0.05, 0) is 44.0 Å². The lowest BCUT2D eigenvalue weighted by Crippen LogP contribution is -2.35. The van der Waals surface area contributed by atoms with Crippen molar-refractivity contribution in [3.05, 3.63) is 41.0 Å². The Balaban J connectivity index is 1.53. The number of carbonyl (C=O) groups is 2. The minimum atomic E-state index is -0.225. The maximum absolute atomic E-state index is 12.8. The van der Waals surface area contributed by atoms with Crippen LogP contribution >= 0.6 is 11.3 Å². The lowest BCUT2D eigenvalue weighted by molar-refractivity contribution is -0.116. The van der Waals surface area contributed by atoms with Gasteiger partial charge in [0.05, 0.1) is 18.3 Å². The molecule has 1 aliphatic heterocycles. The Morgan fingerprint density at radius 1 is 1.39 bits per heavy atom. The summed E-state index contributed by atoms with van der Waals surface area (Å²) in [5.41, 5.74) is 2.34. The number of H-pyrrole nitrogens is 1. The second-order valence-corrected chi connectivity index (χ2v) is 7.89. The van der Waals surface area contributed by atoms with Gasteiger partial charge in [0.2, 0.25) is 5.91 Å². The summed E-state index contributed by atoms with van der Waals surface area (Å²) in [5.74, 6) is -0.328. The summed E-state index contributed by atoms with van der Waals surface area (Å²) < 4.78 is 5.65. The highest BCUT2D eigenvalue weighted by atomic mass is 32.1. The molecule has 2 aromatic heterocycles. The zero-order valence-corrected chi connectivity index (χ0v) is 16.6. The number of hydrogen-bond donors (Lipinski definition) is 2. The first-order chi connectivity index (χ1) is 13.5. The largest absolute Gasteiger partial charge is 0.376 e. The van der Waals surface area contributed by atoms with Crippen LogP contribution in [0.2, 0.25) is 0 Å². The molecule has 1 fully saturated rings. The normalized spacial score (nSPS) is 16.4. The second-order valence-electron chi connectivity index (χ2n) is 6.91. The summed E-state index contributed by atoms with van der Waals surface area (Å²) in [4.78, 5) is 34.6. The van der Waals surface area contributed by atoms with Crippen molar-refractivity contribution in [1.82, 2.24) is 9.97 Å². The average molecular weight is 398 g/mol. The number of hydrogen-bond acceptors (Lipinski definition) is 5. The Kier molecular flexibility index (Phi) is 5.15. The zero-order valence-electron chi connectivity index (χ0n) is 15.8. The standard InChI is InChI=1S/C20H22N4O3S/c1-12-18(19(26)23-15-5-6-17-14(10-15)7-8-21-17)28-20(22-12)24(13(2)25)11-16-4-3-9-27-16/h5-8,10,16,21H,3-4,9,11H2,1-2H3,(H,23,26)/t16-/m0/s1. The number of anilines is 2. The number of aromatic amines is 1. The number of nitrogens with zero attached hydrogens (tertiary/aromatic N) is 2. The molecule has 7 nitrogen and oxygen atoms in total. The Morgan fingerprint density at radius 3 is 3.00 bits per heavy atom. The van der Waals surface area contributed by atoms with Crippen molar-refractivity contribution in [3.8, 4) is 0 Å². The van der Waals surface area contributed by atoms with Gasteiger partial charge in [-0.1, -0.05) is 11.3 Å². The molecule has 0 bridgehead atoms. The fourth-order valence-corrected chi connectivity index (χ4v) is 4.38. The molecule has 0 saturated carbocycles. The molecule has 1 aliphatic rings. The van der Waals surface area contributed by atoms with E-state index in [2.05, 4.69) is 15.3 Å². The van der Waals surface area contributed by atoms with Crippen molar-refractivity contribution < 1.29 is 14.3 Å². The molecule has 146 valence electrons. The summed E-state index contributed by atoms with van der Waals surface area (Å²) in [6, 6.07) is 7.65. The summed E-state index contributed by atoms with van der Waals surface area (Å²) in [5, 5.41) is 4.49. The van der Waals surface area contributed by atoms with Crippen LogP contribution < -0.4 is 10.2 Å². The van der Waals surface area contributed by atoms with Crippen LogP contribution in [0.3, 0.4) is 0 Å². The Labute approximate surface area is 166 Å². The van der Waals surface area contributed by atoms with Gasteiger partial charge in [0.15, 0.2) is 5.13 Å². The highest BCUT2D eigenvalue weighted by Crippen LogP contribution is 2.29. The molecule has 1 atom stereocenters. The quantitative estimate of drug-likeness (QED) is 0.686. The number of nitrogens with one attached hydrogen (secondary N) is 2. The molecular formula is C20H22N4O3S. The number of aryl methyl sites for hydroxylation is 1. The fourth-order valence-electron chi connectivity index (χ4n) is 3.36. The number of carbonyl (C=O) groups excluding carboxylic acids is 2. The van der Waals surface area contributed by atoms with E-state index in [-0.39, 0.29) is 17.9 Å². The van der Waals surface area contributed by atoms with Crippen LogP contribution in [0, 0.1) is 6.92 Å². The van der Waals surface area contributed by atoms with E-state index in [1.54, 1.807) is 11.8 Å². The monoisotopic (exact) mass is 398 g/mol. The molecule has 1 saturated heterocycles. The third kappa shape index (κ3) is 3.79. The van der Waals surface area contributed by atoms with Gasteiger partial charge in [-0.25, -0.2) is 4.98 Å². The molecule has 8 heteroatoms. The number of aromatic nitrogens is 2. The van der Waals surface area contributed by atoms with Gasteiger partial charge in [-0.3, -0.25) is 14.5 Å². The number of thiazole rings is 1. The maximum atomic E-state index is 12.8. The summed E-state index contributed by atoms with van der Waals surface area (Å²) in [7, 11) is 0. The molecule has 3 aromatic rings. The third-order valence-corrected chi connectivity index (χ3v) is 6.00. The van der Waals surface area contributed by atoms with Crippen molar-refractivity contribution in [2.45, 2.75) is 32.8 Å². The van der Waals surface area contributed by atoms with E-state index in [1.165, 1.54) is 18.3 Å². The third-order valence-electron chi connectivity index (χ3n) is 4.82. The van der Waals surface area contributed by atoms with Gasteiger partial charge in [0.25, 0.3) is 5.91 Å². The van der Waals surface area contributed by atoms with Crippen LogP contribution in [-0.4, -0.2) is 41.0 Å². The van der Waals surface area contributed by atoms with E-state index < -0.39 is 0 Å². The molecule has 0 radical (unpaired) electrons. The predicted molar refractivity (Wildman–Crippen MR) is 110 cm³/mol. The van der Waals surface area contributed by atoms with Crippen molar-refractivity contribution in [1.29, 1.82) is 0 Å². The van der Waals surface area contributed by atoms with Crippen molar-refractivity contribution in [2.75, 3.05) is 23.4 Å². The SMILES string of the molecule is CC(=O)N(C[C@@H]1CCCO1)c1nc(C)c(C(=O)Nc2ccc3[nH]ccc3c2)s1. The second kappa shape index (κ2) is 7.73. The van der Waals surface area contributed by atoms with Gasteiger partial charge in [-0.2, -0.15) is 0 Å². The number of rotatable bonds is 5.